The van der Waals surface area contributed by atoms with Gasteiger partial charge in [0.2, 0.25) is 5.75 Å². The maximum Gasteiger partial charge on any atom is 0.336 e. The first-order valence-corrected chi connectivity index (χ1v) is 13.1. The number of rotatable bonds is 2. The molecule has 0 radical (unpaired) electrons. The topological polar surface area (TPSA) is 88.8 Å². The van der Waals surface area contributed by atoms with Crippen LogP contribution in [0, 0.1) is 6.92 Å². The second-order valence-corrected chi connectivity index (χ2v) is 8.93. The molecule has 38 heavy (non-hydrogen) atoms. The highest BCUT2D eigenvalue weighted by atomic mass is 16.6. The third kappa shape index (κ3) is 8.82. The minimum absolute atomic E-state index is 0.270. The van der Waals surface area contributed by atoms with Gasteiger partial charge in [-0.1, -0.05) is 30.3 Å². The van der Waals surface area contributed by atoms with Crippen LogP contribution in [0.2, 0.25) is 0 Å². The van der Waals surface area contributed by atoms with E-state index in [1.807, 2.05) is 25.1 Å². The third-order valence-electron chi connectivity index (χ3n) is 6.09. The van der Waals surface area contributed by atoms with Gasteiger partial charge in [-0.2, -0.15) is 0 Å². The predicted molar refractivity (Wildman–Crippen MR) is 143 cm³/mol. The highest BCUT2D eigenvalue weighted by molar-refractivity contribution is 5.87. The lowest BCUT2D eigenvalue weighted by Crippen LogP contribution is -2.31. The minimum atomic E-state index is -0.437. The molecule has 9 heteroatoms. The Labute approximate surface area is 223 Å². The van der Waals surface area contributed by atoms with Crippen LogP contribution in [-0.2, 0) is 25.5 Å². The quantitative estimate of drug-likeness (QED) is 0.465. The molecule has 1 aromatic heterocycles. The zero-order valence-corrected chi connectivity index (χ0v) is 22.0. The normalized spacial score (nSPS) is 18.0. The molecule has 0 aliphatic carbocycles. The van der Waals surface area contributed by atoms with Gasteiger partial charge in [0.1, 0.15) is 13.2 Å². The van der Waals surface area contributed by atoms with Gasteiger partial charge < -0.3 is 32.8 Å². The Bertz CT molecular complexity index is 1170. The molecule has 0 amide bonds. The summed E-state index contributed by atoms with van der Waals surface area (Å²) in [6.07, 6.45) is 0. The van der Waals surface area contributed by atoms with Crippen molar-refractivity contribution in [1.82, 2.24) is 4.90 Å². The molecule has 3 aromatic rings. The van der Waals surface area contributed by atoms with Crippen LogP contribution in [-0.4, -0.2) is 84.1 Å². The maximum absolute atomic E-state index is 12.0. The largest absolute Gasteiger partial charge is 0.487 e. The standard InChI is InChI=1S/C29H37NO8/c1-23-21-27(31)38-28-25(23)7-8-26-29(28)37-20-18-35-16-14-33-12-10-30(22-24-5-3-2-4-6-24)9-11-32-13-15-34-17-19-36-26/h2-8,21H,9-20,22H2,1H3. The fourth-order valence-corrected chi connectivity index (χ4v) is 4.15. The van der Waals surface area contributed by atoms with Crippen LogP contribution < -0.4 is 15.1 Å². The number of hydrogen-bond donors (Lipinski definition) is 0. The molecule has 1 aliphatic heterocycles. The first-order valence-electron chi connectivity index (χ1n) is 13.1. The van der Waals surface area contributed by atoms with Crippen LogP contribution in [0.15, 0.2) is 57.7 Å². The van der Waals surface area contributed by atoms with E-state index in [0.717, 1.165) is 30.6 Å². The molecule has 0 N–H and O–H groups in total. The molecule has 0 saturated heterocycles. The zero-order chi connectivity index (χ0) is 26.4. The molecular weight excluding hydrogens is 490 g/mol. The smallest absolute Gasteiger partial charge is 0.336 e. The Morgan fingerprint density at radius 2 is 1.32 bits per heavy atom. The van der Waals surface area contributed by atoms with Crippen molar-refractivity contribution >= 4 is 11.0 Å². The van der Waals surface area contributed by atoms with Crippen LogP contribution in [0.1, 0.15) is 11.1 Å². The molecule has 2 heterocycles. The summed E-state index contributed by atoms with van der Waals surface area (Å²) in [7, 11) is 0. The van der Waals surface area contributed by atoms with Crippen LogP contribution >= 0.6 is 0 Å². The van der Waals surface area contributed by atoms with E-state index in [-0.39, 0.29) is 6.61 Å². The van der Waals surface area contributed by atoms with E-state index in [1.165, 1.54) is 11.6 Å². The van der Waals surface area contributed by atoms with Crippen LogP contribution in [0.5, 0.6) is 11.5 Å². The lowest BCUT2D eigenvalue weighted by Gasteiger charge is -2.22. The average Bonchev–Trinajstić information content (AvgIpc) is 2.91. The predicted octanol–water partition coefficient (Wildman–Crippen LogP) is 3.44. The van der Waals surface area contributed by atoms with Crippen molar-refractivity contribution in [2.45, 2.75) is 13.5 Å². The van der Waals surface area contributed by atoms with E-state index >= 15 is 0 Å². The van der Waals surface area contributed by atoms with Gasteiger partial charge in [-0.15, -0.1) is 0 Å². The van der Waals surface area contributed by atoms with Gasteiger partial charge in [-0.3, -0.25) is 4.90 Å². The van der Waals surface area contributed by atoms with E-state index < -0.39 is 5.63 Å². The molecule has 0 saturated carbocycles. The number of benzene rings is 2. The summed E-state index contributed by atoms with van der Waals surface area (Å²) in [4.78, 5) is 14.4. The highest BCUT2D eigenvalue weighted by Gasteiger charge is 2.16. The monoisotopic (exact) mass is 527 g/mol. The van der Waals surface area contributed by atoms with E-state index in [9.17, 15) is 4.79 Å². The molecule has 0 bridgehead atoms. The Balaban J connectivity index is 1.35. The average molecular weight is 528 g/mol. The SMILES string of the molecule is Cc1cc(=O)oc2c3c(ccc12)OCCOCCOCCN(Cc1ccccc1)CCOCCOCCO3. The Hall–Kier alpha value is -2.95. The van der Waals surface area contributed by atoms with Crippen molar-refractivity contribution in [2.24, 2.45) is 0 Å². The summed E-state index contributed by atoms with van der Waals surface area (Å²) in [6, 6.07) is 15.5. The molecule has 0 spiro atoms. The Morgan fingerprint density at radius 1 is 0.711 bits per heavy atom. The molecule has 4 rings (SSSR count). The van der Waals surface area contributed by atoms with Crippen molar-refractivity contribution < 1.29 is 32.8 Å². The minimum Gasteiger partial charge on any atom is -0.487 e. The summed E-state index contributed by atoms with van der Waals surface area (Å²) in [6.45, 7) is 8.75. The molecule has 2 aromatic carbocycles. The zero-order valence-electron chi connectivity index (χ0n) is 22.0. The molecule has 1 aliphatic rings. The third-order valence-corrected chi connectivity index (χ3v) is 6.09. The Morgan fingerprint density at radius 3 is 2.00 bits per heavy atom. The van der Waals surface area contributed by atoms with E-state index in [1.54, 1.807) is 0 Å². The summed E-state index contributed by atoms with van der Waals surface area (Å²) >= 11 is 0. The van der Waals surface area contributed by atoms with Gasteiger partial charge in [0.15, 0.2) is 11.3 Å². The van der Waals surface area contributed by atoms with Crippen molar-refractivity contribution in [3.8, 4) is 11.5 Å². The number of nitrogens with zero attached hydrogens (tertiary/aromatic N) is 1. The van der Waals surface area contributed by atoms with Crippen molar-refractivity contribution in [1.29, 1.82) is 0 Å². The van der Waals surface area contributed by atoms with Crippen LogP contribution in [0.25, 0.3) is 11.0 Å². The second kappa shape index (κ2) is 15.5. The van der Waals surface area contributed by atoms with Crippen molar-refractivity contribution in [3.05, 3.63) is 70.1 Å². The molecule has 0 unspecified atom stereocenters. The Kier molecular flexibility index (Phi) is 11.4. The summed E-state index contributed by atoms with van der Waals surface area (Å²) in [5.41, 5.74) is 1.99. The lowest BCUT2D eigenvalue weighted by atomic mass is 10.1. The molecule has 0 fully saturated rings. The van der Waals surface area contributed by atoms with Gasteiger partial charge in [0, 0.05) is 31.1 Å². The number of hydrogen-bond acceptors (Lipinski definition) is 9. The lowest BCUT2D eigenvalue weighted by molar-refractivity contribution is 0.0172. The molecule has 0 atom stereocenters. The van der Waals surface area contributed by atoms with Gasteiger partial charge in [0.05, 0.1) is 52.9 Å². The van der Waals surface area contributed by atoms with E-state index in [4.69, 9.17) is 32.8 Å². The molecule has 206 valence electrons. The summed E-state index contributed by atoms with van der Waals surface area (Å²) in [5, 5.41) is 0.793. The van der Waals surface area contributed by atoms with Gasteiger partial charge in [-0.25, -0.2) is 4.79 Å². The van der Waals surface area contributed by atoms with Crippen molar-refractivity contribution in [2.75, 3.05) is 79.2 Å². The van der Waals surface area contributed by atoms with Gasteiger partial charge in [0.25, 0.3) is 0 Å². The van der Waals surface area contributed by atoms with E-state index in [0.29, 0.717) is 76.5 Å². The van der Waals surface area contributed by atoms with Gasteiger partial charge in [-0.05, 0) is 30.2 Å². The number of fused-ring (bicyclic) bond motifs is 3. The van der Waals surface area contributed by atoms with Crippen molar-refractivity contribution in [3.63, 3.8) is 0 Å². The van der Waals surface area contributed by atoms with Crippen LogP contribution in [0.3, 0.4) is 0 Å². The fraction of sp³-hybridized carbons (Fsp3) is 0.483. The summed E-state index contributed by atoms with van der Waals surface area (Å²) < 4.78 is 40.4. The molecule has 9 nitrogen and oxygen atoms in total. The second-order valence-electron chi connectivity index (χ2n) is 8.93. The fourth-order valence-electron chi connectivity index (χ4n) is 4.15. The van der Waals surface area contributed by atoms with Crippen LogP contribution in [0.4, 0.5) is 0 Å². The number of aryl methyl sites for hydroxylation is 1. The summed E-state index contributed by atoms with van der Waals surface area (Å²) in [5.74, 6) is 0.870. The highest BCUT2D eigenvalue weighted by Crippen LogP contribution is 2.36. The van der Waals surface area contributed by atoms with Gasteiger partial charge >= 0.3 is 5.63 Å². The maximum atomic E-state index is 12.0. The number of ether oxygens (including phenoxy) is 6. The first kappa shape index (κ1) is 28.1. The molecular formula is C29H37NO8. The van der Waals surface area contributed by atoms with E-state index in [2.05, 4.69) is 29.2 Å². The first-order chi connectivity index (χ1) is 18.7.